The molecule has 1 heterocycles. The third kappa shape index (κ3) is 2.98. The van der Waals surface area contributed by atoms with Crippen molar-refractivity contribution in [3.05, 3.63) is 53.6 Å². The van der Waals surface area contributed by atoms with E-state index in [0.717, 1.165) is 28.3 Å². The third-order valence-corrected chi connectivity index (χ3v) is 5.03. The molecule has 2 aromatic rings. The molecule has 3 rings (SSSR count). The fourth-order valence-electron chi connectivity index (χ4n) is 3.52. The first-order valence-electron chi connectivity index (χ1n) is 8.25. The van der Waals surface area contributed by atoms with Crippen LogP contribution < -0.4 is 0 Å². The predicted octanol–water partition coefficient (Wildman–Crippen LogP) is 2.71. The van der Waals surface area contributed by atoms with Crippen LogP contribution in [0.5, 0.6) is 0 Å². The van der Waals surface area contributed by atoms with Gasteiger partial charge in [0, 0.05) is 26.5 Å². The van der Waals surface area contributed by atoms with Crippen LogP contribution in [-0.4, -0.2) is 38.7 Å². The molecule has 1 aliphatic rings. The van der Waals surface area contributed by atoms with Crippen molar-refractivity contribution in [2.45, 2.75) is 37.1 Å². The van der Waals surface area contributed by atoms with E-state index in [4.69, 9.17) is 0 Å². The second kappa shape index (κ2) is 6.42. The third-order valence-electron chi connectivity index (χ3n) is 5.03. The summed E-state index contributed by atoms with van der Waals surface area (Å²) in [5.41, 5.74) is -1.31. The van der Waals surface area contributed by atoms with Gasteiger partial charge < -0.3 is 14.6 Å². The summed E-state index contributed by atoms with van der Waals surface area (Å²) in [6, 6.07) is 7.28. The van der Waals surface area contributed by atoms with Crippen molar-refractivity contribution < 1.29 is 23.1 Å². The molecule has 140 valence electrons. The number of nitrogens with zero attached hydrogens (tertiary/aromatic N) is 3. The van der Waals surface area contributed by atoms with E-state index in [-0.39, 0.29) is 6.04 Å². The van der Waals surface area contributed by atoms with E-state index in [1.807, 2.05) is 24.3 Å². The number of carbonyl (C=O) groups is 1. The van der Waals surface area contributed by atoms with Gasteiger partial charge >= 0.3 is 6.18 Å². The van der Waals surface area contributed by atoms with Crippen molar-refractivity contribution in [3.8, 4) is 0 Å². The summed E-state index contributed by atoms with van der Waals surface area (Å²) in [6.45, 7) is 0. The molecule has 1 N–H and O–H groups in total. The minimum absolute atomic E-state index is 0.294. The van der Waals surface area contributed by atoms with Crippen LogP contribution in [0, 0.1) is 0 Å². The lowest BCUT2D eigenvalue weighted by Crippen LogP contribution is -2.48. The van der Waals surface area contributed by atoms with Gasteiger partial charge in [-0.1, -0.05) is 24.3 Å². The molecule has 2 unspecified atom stereocenters. The molecule has 5 nitrogen and oxygen atoms in total. The van der Waals surface area contributed by atoms with Gasteiger partial charge in [0.2, 0.25) is 11.5 Å². The smallest absolute Gasteiger partial charge is 0.374 e. The van der Waals surface area contributed by atoms with Gasteiger partial charge in [0.05, 0.1) is 12.5 Å². The maximum atomic E-state index is 13.6. The van der Waals surface area contributed by atoms with Gasteiger partial charge in [-0.3, -0.25) is 4.79 Å². The predicted molar refractivity (Wildman–Crippen MR) is 88.1 cm³/mol. The highest BCUT2D eigenvalue weighted by Gasteiger charge is 2.59. The molecule has 0 saturated carbocycles. The summed E-state index contributed by atoms with van der Waals surface area (Å²) in [6.07, 6.45) is -2.27. The van der Waals surface area contributed by atoms with Crippen molar-refractivity contribution in [2.24, 2.45) is 7.05 Å². The van der Waals surface area contributed by atoms with E-state index in [2.05, 4.69) is 4.98 Å². The minimum Gasteiger partial charge on any atom is -0.374 e. The van der Waals surface area contributed by atoms with Crippen molar-refractivity contribution in [3.63, 3.8) is 0 Å². The largest absolute Gasteiger partial charge is 0.425 e. The standard InChI is InChI=1S/C18H20F3N3O2/c1-23-10-9-22-16(23)17(26,18(19,20)21)11-15(25)24(2)14-8-7-12-5-3-4-6-13(12)14/h3-6,9-10,14,26H,7-8,11H2,1-2H3. The lowest BCUT2D eigenvalue weighted by atomic mass is 9.96. The molecule has 2 atom stereocenters. The van der Waals surface area contributed by atoms with Crippen LogP contribution in [0.15, 0.2) is 36.7 Å². The zero-order valence-corrected chi connectivity index (χ0v) is 14.5. The summed E-state index contributed by atoms with van der Waals surface area (Å²) in [5.74, 6) is -1.38. The van der Waals surface area contributed by atoms with Gasteiger partial charge in [-0.2, -0.15) is 13.2 Å². The Bertz CT molecular complexity index is 818. The summed E-state index contributed by atoms with van der Waals surface area (Å²) >= 11 is 0. The molecular formula is C18H20F3N3O2. The summed E-state index contributed by atoms with van der Waals surface area (Å²) in [4.78, 5) is 17.6. The Morgan fingerprint density at radius 3 is 2.69 bits per heavy atom. The number of aliphatic hydroxyl groups is 1. The number of alkyl halides is 3. The summed E-state index contributed by atoms with van der Waals surface area (Å²) < 4.78 is 41.9. The molecule has 0 aliphatic heterocycles. The lowest BCUT2D eigenvalue weighted by Gasteiger charge is -2.33. The van der Waals surface area contributed by atoms with E-state index >= 15 is 0 Å². The zero-order valence-electron chi connectivity index (χ0n) is 14.5. The van der Waals surface area contributed by atoms with Crippen molar-refractivity contribution in [1.82, 2.24) is 14.5 Å². The number of imidazole rings is 1. The first-order chi connectivity index (χ1) is 12.1. The Hall–Kier alpha value is -2.35. The van der Waals surface area contributed by atoms with E-state index in [0.29, 0.717) is 6.42 Å². The van der Waals surface area contributed by atoms with Crippen molar-refractivity contribution >= 4 is 5.91 Å². The van der Waals surface area contributed by atoms with Crippen LogP contribution in [0.2, 0.25) is 0 Å². The van der Waals surface area contributed by atoms with Crippen LogP contribution in [0.1, 0.15) is 35.8 Å². The number of halogens is 3. The molecule has 1 amide bonds. The van der Waals surface area contributed by atoms with Crippen molar-refractivity contribution in [2.75, 3.05) is 7.05 Å². The van der Waals surface area contributed by atoms with Crippen LogP contribution in [0.3, 0.4) is 0 Å². The number of benzene rings is 1. The maximum Gasteiger partial charge on any atom is 0.425 e. The second-order valence-electron chi connectivity index (χ2n) is 6.65. The average molecular weight is 367 g/mol. The Morgan fingerprint density at radius 2 is 2.08 bits per heavy atom. The monoisotopic (exact) mass is 367 g/mol. The highest BCUT2D eigenvalue weighted by atomic mass is 19.4. The molecule has 1 aromatic heterocycles. The van der Waals surface area contributed by atoms with Gasteiger partial charge in [0.1, 0.15) is 0 Å². The van der Waals surface area contributed by atoms with Crippen molar-refractivity contribution in [1.29, 1.82) is 0 Å². The van der Waals surface area contributed by atoms with E-state index in [9.17, 15) is 23.1 Å². The van der Waals surface area contributed by atoms with Gasteiger partial charge in [-0.05, 0) is 24.0 Å². The highest BCUT2D eigenvalue weighted by molar-refractivity contribution is 5.78. The molecule has 1 aromatic carbocycles. The molecule has 26 heavy (non-hydrogen) atoms. The SMILES string of the molecule is CN(C(=O)CC(O)(c1nccn1C)C(F)(F)F)C1CCc2ccccc21. The number of hydrogen-bond donors (Lipinski definition) is 1. The van der Waals surface area contributed by atoms with Gasteiger partial charge in [0.25, 0.3) is 0 Å². The fourth-order valence-corrected chi connectivity index (χ4v) is 3.52. The molecular weight excluding hydrogens is 347 g/mol. The fraction of sp³-hybridized carbons (Fsp3) is 0.444. The van der Waals surface area contributed by atoms with Crippen LogP contribution in [-0.2, 0) is 23.9 Å². The van der Waals surface area contributed by atoms with Crippen LogP contribution in [0.4, 0.5) is 13.2 Å². The van der Waals surface area contributed by atoms with Gasteiger partial charge in [0.15, 0.2) is 5.82 Å². The number of hydrogen-bond acceptors (Lipinski definition) is 3. The Morgan fingerprint density at radius 1 is 1.38 bits per heavy atom. The molecule has 8 heteroatoms. The number of aryl methyl sites for hydroxylation is 2. The Kier molecular flexibility index (Phi) is 4.56. The molecule has 0 saturated heterocycles. The molecule has 0 radical (unpaired) electrons. The normalized spacial score (nSPS) is 19.1. The number of fused-ring (bicyclic) bond motifs is 1. The number of aromatic nitrogens is 2. The van der Waals surface area contributed by atoms with E-state index in [1.54, 1.807) is 0 Å². The second-order valence-corrected chi connectivity index (χ2v) is 6.65. The molecule has 0 bridgehead atoms. The van der Waals surface area contributed by atoms with Crippen LogP contribution >= 0.6 is 0 Å². The number of carbonyl (C=O) groups excluding carboxylic acids is 1. The first kappa shape index (κ1) is 18.4. The number of amides is 1. The minimum atomic E-state index is -5.03. The highest BCUT2D eigenvalue weighted by Crippen LogP contribution is 2.42. The number of rotatable bonds is 4. The Balaban J connectivity index is 1.86. The summed E-state index contributed by atoms with van der Waals surface area (Å²) in [7, 11) is 2.82. The van der Waals surface area contributed by atoms with E-state index in [1.165, 1.54) is 25.2 Å². The quantitative estimate of drug-likeness (QED) is 0.904. The van der Waals surface area contributed by atoms with E-state index < -0.39 is 29.9 Å². The zero-order chi connectivity index (χ0) is 19.1. The Labute approximate surface area is 149 Å². The first-order valence-corrected chi connectivity index (χ1v) is 8.25. The van der Waals surface area contributed by atoms with Crippen LogP contribution in [0.25, 0.3) is 0 Å². The van der Waals surface area contributed by atoms with Gasteiger partial charge in [-0.15, -0.1) is 0 Å². The lowest BCUT2D eigenvalue weighted by molar-refractivity contribution is -0.272. The average Bonchev–Trinajstić information content (AvgIpc) is 3.19. The molecule has 0 fully saturated rings. The molecule has 1 aliphatic carbocycles. The summed E-state index contributed by atoms with van der Waals surface area (Å²) in [5, 5.41) is 10.4. The molecule has 0 spiro atoms. The maximum absolute atomic E-state index is 13.6. The topological polar surface area (TPSA) is 58.4 Å². The van der Waals surface area contributed by atoms with Gasteiger partial charge in [-0.25, -0.2) is 4.98 Å².